The minimum Gasteiger partial charge on any atom is -0.207 e. The van der Waals surface area contributed by atoms with E-state index in [1.54, 1.807) is 24.3 Å². The summed E-state index contributed by atoms with van der Waals surface area (Å²) in [6.45, 7) is 4.33. The predicted octanol–water partition coefficient (Wildman–Crippen LogP) is 3.39. The fraction of sp³-hybridized carbons (Fsp3) is 0.200. The average Bonchev–Trinajstić information content (AvgIpc) is 2.41. The Morgan fingerprint density at radius 1 is 1.05 bits per heavy atom. The first-order valence-corrected chi connectivity index (χ1v) is 8.76. The van der Waals surface area contributed by atoms with Crippen molar-refractivity contribution in [1.29, 1.82) is 0 Å². The van der Waals surface area contributed by atoms with Gasteiger partial charge in [-0.2, -0.15) is 0 Å². The summed E-state index contributed by atoms with van der Waals surface area (Å²) in [6.07, 6.45) is 0. The highest BCUT2D eigenvalue weighted by Gasteiger charge is 2.14. The molecule has 0 aromatic heterocycles. The SMILES string of the molecule is Cc1cccc(CNS(=O)(=O)c2ccc(I)cc2)c1C. The second-order valence-electron chi connectivity index (χ2n) is 4.64. The summed E-state index contributed by atoms with van der Waals surface area (Å²) in [7, 11) is -3.46. The van der Waals surface area contributed by atoms with Crippen LogP contribution >= 0.6 is 22.6 Å². The third-order valence-corrected chi connectivity index (χ3v) is 5.43. The van der Waals surface area contributed by atoms with E-state index in [-0.39, 0.29) is 0 Å². The summed E-state index contributed by atoms with van der Waals surface area (Å²) in [5.41, 5.74) is 3.29. The lowest BCUT2D eigenvalue weighted by atomic mass is 10.0. The van der Waals surface area contributed by atoms with Gasteiger partial charge in [0.25, 0.3) is 0 Å². The molecule has 20 heavy (non-hydrogen) atoms. The van der Waals surface area contributed by atoms with Crippen molar-refractivity contribution >= 4 is 32.6 Å². The van der Waals surface area contributed by atoms with Gasteiger partial charge in [0.2, 0.25) is 10.0 Å². The number of halogens is 1. The number of hydrogen-bond donors (Lipinski definition) is 1. The molecule has 5 heteroatoms. The lowest BCUT2D eigenvalue weighted by Crippen LogP contribution is -2.23. The van der Waals surface area contributed by atoms with Crippen molar-refractivity contribution in [1.82, 2.24) is 4.72 Å². The van der Waals surface area contributed by atoms with E-state index >= 15 is 0 Å². The van der Waals surface area contributed by atoms with Crippen molar-refractivity contribution < 1.29 is 8.42 Å². The predicted molar refractivity (Wildman–Crippen MR) is 89.1 cm³/mol. The van der Waals surface area contributed by atoms with Crippen LogP contribution < -0.4 is 4.72 Å². The van der Waals surface area contributed by atoms with Gasteiger partial charge in [0, 0.05) is 10.1 Å². The van der Waals surface area contributed by atoms with Crippen LogP contribution in [0.15, 0.2) is 47.4 Å². The Bertz CT molecular complexity index is 709. The minimum absolute atomic E-state index is 0.295. The third-order valence-electron chi connectivity index (χ3n) is 3.29. The van der Waals surface area contributed by atoms with Crippen molar-refractivity contribution in [2.24, 2.45) is 0 Å². The van der Waals surface area contributed by atoms with Crippen LogP contribution in [-0.2, 0) is 16.6 Å². The van der Waals surface area contributed by atoms with E-state index < -0.39 is 10.0 Å². The van der Waals surface area contributed by atoms with Gasteiger partial charge in [0.1, 0.15) is 0 Å². The maximum absolute atomic E-state index is 12.2. The molecule has 1 N–H and O–H groups in total. The van der Waals surface area contributed by atoms with Crippen LogP contribution in [0.1, 0.15) is 16.7 Å². The quantitative estimate of drug-likeness (QED) is 0.799. The third kappa shape index (κ3) is 3.59. The summed E-state index contributed by atoms with van der Waals surface area (Å²) in [5.74, 6) is 0. The van der Waals surface area contributed by atoms with E-state index in [4.69, 9.17) is 0 Å². The van der Waals surface area contributed by atoms with E-state index in [0.717, 1.165) is 20.3 Å². The maximum atomic E-state index is 12.2. The Labute approximate surface area is 133 Å². The molecule has 2 aromatic carbocycles. The van der Waals surface area contributed by atoms with E-state index in [1.807, 2.05) is 32.0 Å². The average molecular weight is 401 g/mol. The van der Waals surface area contributed by atoms with Crippen LogP contribution in [0.25, 0.3) is 0 Å². The zero-order chi connectivity index (χ0) is 14.8. The summed E-state index contributed by atoms with van der Waals surface area (Å²) in [6, 6.07) is 12.7. The van der Waals surface area contributed by atoms with E-state index in [1.165, 1.54) is 0 Å². The standard InChI is InChI=1S/C15H16INO2S/c1-11-4-3-5-13(12(11)2)10-17-20(18,19)15-8-6-14(16)7-9-15/h3-9,17H,10H2,1-2H3. The van der Waals surface area contributed by atoms with Crippen LogP contribution in [0, 0.1) is 17.4 Å². The molecule has 0 spiro atoms. The first-order valence-electron chi connectivity index (χ1n) is 6.20. The smallest absolute Gasteiger partial charge is 0.207 e. The molecule has 2 aromatic rings. The largest absolute Gasteiger partial charge is 0.240 e. The number of hydrogen-bond acceptors (Lipinski definition) is 2. The number of aryl methyl sites for hydroxylation is 1. The number of nitrogens with one attached hydrogen (secondary N) is 1. The summed E-state index contributed by atoms with van der Waals surface area (Å²) >= 11 is 2.15. The molecule has 0 amide bonds. The summed E-state index contributed by atoms with van der Waals surface area (Å²) in [4.78, 5) is 0.295. The van der Waals surface area contributed by atoms with Crippen molar-refractivity contribution in [2.75, 3.05) is 0 Å². The molecule has 0 heterocycles. The maximum Gasteiger partial charge on any atom is 0.240 e. The fourth-order valence-electron chi connectivity index (χ4n) is 1.87. The van der Waals surface area contributed by atoms with E-state index in [0.29, 0.717) is 11.4 Å². The van der Waals surface area contributed by atoms with Gasteiger partial charge in [0.05, 0.1) is 4.90 Å². The molecule has 0 saturated heterocycles. The van der Waals surface area contributed by atoms with Gasteiger partial charge in [-0.25, -0.2) is 13.1 Å². The molecular formula is C15H16INO2S. The van der Waals surface area contributed by atoms with Gasteiger partial charge in [-0.3, -0.25) is 0 Å². The van der Waals surface area contributed by atoms with Crippen molar-refractivity contribution in [3.05, 3.63) is 62.7 Å². The minimum atomic E-state index is -3.46. The van der Waals surface area contributed by atoms with Gasteiger partial charge >= 0.3 is 0 Å². The first kappa shape index (κ1) is 15.5. The molecular weight excluding hydrogens is 385 g/mol. The van der Waals surface area contributed by atoms with Crippen LogP contribution in [-0.4, -0.2) is 8.42 Å². The van der Waals surface area contributed by atoms with Gasteiger partial charge in [-0.1, -0.05) is 18.2 Å². The molecule has 0 atom stereocenters. The van der Waals surface area contributed by atoms with Crippen molar-refractivity contribution in [3.8, 4) is 0 Å². The van der Waals surface area contributed by atoms with Crippen LogP contribution in [0.3, 0.4) is 0 Å². The lowest BCUT2D eigenvalue weighted by molar-refractivity contribution is 0.581. The van der Waals surface area contributed by atoms with Crippen LogP contribution in [0.5, 0.6) is 0 Å². The molecule has 2 rings (SSSR count). The van der Waals surface area contributed by atoms with Crippen LogP contribution in [0.4, 0.5) is 0 Å². The molecule has 0 bridgehead atoms. The molecule has 0 unspecified atom stereocenters. The fourth-order valence-corrected chi connectivity index (χ4v) is 3.24. The highest BCUT2D eigenvalue weighted by atomic mass is 127. The van der Waals surface area contributed by atoms with Crippen molar-refractivity contribution in [3.63, 3.8) is 0 Å². The Morgan fingerprint density at radius 2 is 1.70 bits per heavy atom. The Kier molecular flexibility index (Phi) is 4.82. The van der Waals surface area contributed by atoms with E-state index in [9.17, 15) is 8.42 Å². The highest BCUT2D eigenvalue weighted by Crippen LogP contribution is 2.15. The van der Waals surface area contributed by atoms with Gasteiger partial charge in [-0.05, 0) is 77.4 Å². The van der Waals surface area contributed by atoms with Crippen molar-refractivity contribution in [2.45, 2.75) is 25.3 Å². The van der Waals surface area contributed by atoms with Gasteiger partial charge in [0.15, 0.2) is 0 Å². The normalized spacial score (nSPS) is 11.6. The monoisotopic (exact) mass is 401 g/mol. The van der Waals surface area contributed by atoms with E-state index in [2.05, 4.69) is 27.3 Å². The summed E-state index contributed by atoms with van der Waals surface area (Å²) in [5, 5.41) is 0. The molecule has 3 nitrogen and oxygen atoms in total. The molecule has 0 radical (unpaired) electrons. The van der Waals surface area contributed by atoms with Crippen LogP contribution in [0.2, 0.25) is 0 Å². The first-order chi connectivity index (χ1) is 9.40. The number of sulfonamides is 1. The van der Waals surface area contributed by atoms with Gasteiger partial charge in [-0.15, -0.1) is 0 Å². The second kappa shape index (κ2) is 6.24. The van der Waals surface area contributed by atoms with Gasteiger partial charge < -0.3 is 0 Å². The Balaban J connectivity index is 2.17. The Morgan fingerprint density at radius 3 is 2.35 bits per heavy atom. The zero-order valence-corrected chi connectivity index (χ0v) is 14.3. The molecule has 106 valence electrons. The zero-order valence-electron chi connectivity index (χ0n) is 11.4. The number of benzene rings is 2. The molecule has 0 aliphatic rings. The topological polar surface area (TPSA) is 46.2 Å². The Hall–Kier alpha value is -0.920. The highest BCUT2D eigenvalue weighted by molar-refractivity contribution is 14.1. The molecule has 0 aliphatic heterocycles. The lowest BCUT2D eigenvalue weighted by Gasteiger charge is -2.10. The molecule has 0 aliphatic carbocycles. The molecule has 0 fully saturated rings. The molecule has 0 saturated carbocycles. The summed E-state index contributed by atoms with van der Waals surface area (Å²) < 4.78 is 28.1. The number of rotatable bonds is 4. The second-order valence-corrected chi connectivity index (χ2v) is 7.65.